The van der Waals surface area contributed by atoms with Gasteiger partial charge in [0.1, 0.15) is 11.6 Å². The molecule has 8 aromatic carbocycles. The van der Waals surface area contributed by atoms with Gasteiger partial charge in [0.15, 0.2) is 5.82 Å². The van der Waals surface area contributed by atoms with Crippen molar-refractivity contribution in [2.45, 2.75) is 13.8 Å². The normalized spacial score (nSPS) is 11.3. The van der Waals surface area contributed by atoms with Crippen LogP contribution in [0.15, 0.2) is 194 Å². The molecular weight excluding hydrogens is 743 g/mol. The van der Waals surface area contributed by atoms with E-state index in [1.54, 1.807) is 24.3 Å². The molecule has 4 nitrogen and oxygen atoms in total. The third-order valence-electron chi connectivity index (χ3n) is 11.1. The van der Waals surface area contributed by atoms with Crippen molar-refractivity contribution in [3.05, 3.63) is 206 Å². The van der Waals surface area contributed by atoms with Gasteiger partial charge in [-0.05, 0) is 132 Å². The van der Waals surface area contributed by atoms with Gasteiger partial charge in [-0.25, -0.2) is 18.7 Å². The Morgan fingerprint density at radius 1 is 0.333 bits per heavy atom. The molecule has 288 valence electrons. The molecular formula is C54H38F2N4. The van der Waals surface area contributed by atoms with Crippen LogP contribution in [0, 0.1) is 11.6 Å². The van der Waals surface area contributed by atoms with E-state index in [4.69, 9.17) is 9.97 Å². The van der Waals surface area contributed by atoms with E-state index in [9.17, 15) is 8.78 Å². The lowest BCUT2D eigenvalue weighted by Crippen LogP contribution is -1.97. The molecule has 0 atom stereocenters. The Morgan fingerprint density at radius 2 is 0.767 bits per heavy atom. The number of hydrogen-bond acceptors (Lipinski definition) is 2. The van der Waals surface area contributed by atoms with Gasteiger partial charge in [0, 0.05) is 49.6 Å². The van der Waals surface area contributed by atoms with Gasteiger partial charge in [0.05, 0.1) is 33.5 Å². The summed E-state index contributed by atoms with van der Waals surface area (Å²) in [7, 11) is 0. The molecule has 0 amide bonds. The average molecular weight is 781 g/mol. The van der Waals surface area contributed by atoms with Crippen LogP contribution in [0.1, 0.15) is 13.8 Å². The van der Waals surface area contributed by atoms with Gasteiger partial charge < -0.3 is 9.13 Å². The third kappa shape index (κ3) is 6.39. The Kier molecular flexibility index (Phi) is 9.30. The first kappa shape index (κ1) is 36.6. The highest BCUT2D eigenvalue weighted by atomic mass is 19.1. The van der Waals surface area contributed by atoms with Crippen LogP contribution in [-0.4, -0.2) is 19.1 Å². The third-order valence-corrected chi connectivity index (χ3v) is 11.1. The second-order valence-corrected chi connectivity index (χ2v) is 14.5. The molecule has 0 saturated carbocycles. The fourth-order valence-electron chi connectivity index (χ4n) is 8.31. The van der Waals surface area contributed by atoms with E-state index in [2.05, 4.69) is 137 Å². The number of nitrogens with zero attached hydrogens (tertiary/aromatic N) is 4. The van der Waals surface area contributed by atoms with Crippen LogP contribution in [0.2, 0.25) is 0 Å². The molecule has 0 N–H and O–H groups in total. The summed E-state index contributed by atoms with van der Waals surface area (Å²) < 4.78 is 32.4. The van der Waals surface area contributed by atoms with Crippen molar-refractivity contribution in [2.24, 2.45) is 0 Å². The molecule has 11 rings (SSSR count). The number of halogens is 2. The predicted molar refractivity (Wildman–Crippen MR) is 244 cm³/mol. The summed E-state index contributed by atoms with van der Waals surface area (Å²) in [6.45, 7) is 4.00. The van der Waals surface area contributed by atoms with Crippen LogP contribution >= 0.6 is 0 Å². The lowest BCUT2D eigenvalue weighted by atomic mass is 10.0. The summed E-state index contributed by atoms with van der Waals surface area (Å²) >= 11 is 0. The number of fused-ring (bicyclic) bond motifs is 6. The summed E-state index contributed by atoms with van der Waals surface area (Å²) in [4.78, 5) is 9.85. The molecule has 0 aliphatic heterocycles. The van der Waals surface area contributed by atoms with E-state index in [0.717, 1.165) is 50.2 Å². The van der Waals surface area contributed by atoms with Crippen molar-refractivity contribution in [3.8, 4) is 56.4 Å². The number of para-hydroxylation sites is 3. The zero-order valence-corrected chi connectivity index (χ0v) is 33.0. The highest BCUT2D eigenvalue weighted by Gasteiger charge is 2.17. The Bertz CT molecular complexity index is 3270. The molecule has 6 heteroatoms. The molecule has 0 unspecified atom stereocenters. The van der Waals surface area contributed by atoms with Gasteiger partial charge in [-0.3, -0.25) is 0 Å². The fraction of sp³-hybridized carbons (Fsp3) is 0.0370. The summed E-state index contributed by atoms with van der Waals surface area (Å²) in [5.74, 6) is -0.128. The minimum absolute atomic E-state index is 0.321. The number of hydrogen-bond donors (Lipinski definition) is 0. The summed E-state index contributed by atoms with van der Waals surface area (Å²) in [5, 5.41) is 4.77. The van der Waals surface area contributed by atoms with E-state index in [-0.39, 0.29) is 11.6 Å². The first-order valence-electron chi connectivity index (χ1n) is 20.2. The zero-order chi connectivity index (χ0) is 40.7. The Morgan fingerprint density at radius 3 is 1.38 bits per heavy atom. The second kappa shape index (κ2) is 15.2. The molecule has 0 aliphatic rings. The van der Waals surface area contributed by atoms with Gasteiger partial charge in [-0.15, -0.1) is 0 Å². The summed E-state index contributed by atoms with van der Waals surface area (Å²) in [6, 6.07) is 63.8. The van der Waals surface area contributed by atoms with Crippen molar-refractivity contribution < 1.29 is 8.78 Å². The van der Waals surface area contributed by atoms with Crippen LogP contribution in [0.4, 0.5) is 8.78 Å². The molecule has 0 bridgehead atoms. The van der Waals surface area contributed by atoms with Crippen molar-refractivity contribution in [3.63, 3.8) is 0 Å². The maximum atomic E-state index is 13.9. The molecule has 0 aliphatic carbocycles. The van der Waals surface area contributed by atoms with Crippen molar-refractivity contribution in [1.82, 2.24) is 19.1 Å². The topological polar surface area (TPSA) is 35.6 Å². The minimum atomic E-state index is -0.321. The zero-order valence-electron chi connectivity index (χ0n) is 33.0. The first-order valence-corrected chi connectivity index (χ1v) is 20.2. The number of rotatable bonds is 6. The van der Waals surface area contributed by atoms with Crippen LogP contribution in [-0.2, 0) is 0 Å². The SMILES string of the molecule is CC.Fc1ccc(-c2cc(-c3ccc(F)cc3)nc(-c3ccc(-n4c5ccccc5c5ccc(-c6ccc7c(c6)c6ccccc6n7-c6ccccc6)cc54)cc3)n2)cc1. The van der Waals surface area contributed by atoms with E-state index < -0.39 is 0 Å². The molecule has 60 heavy (non-hydrogen) atoms. The van der Waals surface area contributed by atoms with Crippen LogP contribution in [0.5, 0.6) is 0 Å². The minimum Gasteiger partial charge on any atom is -0.309 e. The number of aromatic nitrogens is 4. The van der Waals surface area contributed by atoms with Gasteiger partial charge in [-0.1, -0.05) is 86.6 Å². The molecule has 0 saturated heterocycles. The van der Waals surface area contributed by atoms with Crippen molar-refractivity contribution in [2.75, 3.05) is 0 Å². The van der Waals surface area contributed by atoms with E-state index in [1.807, 2.05) is 32.0 Å². The first-order chi connectivity index (χ1) is 29.6. The Balaban J connectivity index is 0.00000213. The lowest BCUT2D eigenvalue weighted by Gasteiger charge is -2.12. The van der Waals surface area contributed by atoms with Crippen LogP contribution in [0.25, 0.3) is 100 Å². The van der Waals surface area contributed by atoms with Crippen molar-refractivity contribution >= 4 is 43.6 Å². The van der Waals surface area contributed by atoms with Crippen LogP contribution < -0.4 is 0 Å². The Hall–Kier alpha value is -7.70. The highest BCUT2D eigenvalue weighted by Crippen LogP contribution is 2.38. The maximum Gasteiger partial charge on any atom is 0.160 e. The van der Waals surface area contributed by atoms with Crippen molar-refractivity contribution in [1.29, 1.82) is 0 Å². The highest BCUT2D eigenvalue weighted by molar-refractivity contribution is 6.12. The molecule has 0 spiro atoms. The van der Waals surface area contributed by atoms with Gasteiger partial charge >= 0.3 is 0 Å². The number of benzene rings is 8. The monoisotopic (exact) mass is 780 g/mol. The van der Waals surface area contributed by atoms with E-state index in [0.29, 0.717) is 17.2 Å². The predicted octanol–water partition coefficient (Wildman–Crippen LogP) is 14.6. The molecule has 3 heterocycles. The molecule has 0 fully saturated rings. The van der Waals surface area contributed by atoms with Gasteiger partial charge in [0.2, 0.25) is 0 Å². The molecule has 0 radical (unpaired) electrons. The summed E-state index contributed by atoms with van der Waals surface area (Å²) in [6.07, 6.45) is 0. The maximum absolute atomic E-state index is 13.9. The Labute approximate surface area is 346 Å². The average Bonchev–Trinajstić information content (AvgIpc) is 3.82. The molecule has 11 aromatic rings. The fourth-order valence-corrected chi connectivity index (χ4v) is 8.31. The quantitative estimate of drug-likeness (QED) is 0.168. The summed E-state index contributed by atoms with van der Waals surface area (Å²) in [5.41, 5.74) is 12.6. The lowest BCUT2D eigenvalue weighted by molar-refractivity contribution is 0.627. The van der Waals surface area contributed by atoms with Gasteiger partial charge in [0.25, 0.3) is 0 Å². The van der Waals surface area contributed by atoms with Crippen LogP contribution in [0.3, 0.4) is 0 Å². The largest absolute Gasteiger partial charge is 0.309 e. The van der Waals surface area contributed by atoms with E-state index >= 15 is 0 Å². The standard InChI is InChI=1S/C52H32F2N4.C2H6/c53-38-22-14-33(15-23-38)46-32-47(34-16-24-39(54)25-17-34)56-52(55-46)35-18-26-41(27-19-35)58-48-12-6-4-10-42(48)44-28-20-37(31-51(44)58)36-21-29-50-45(30-36)43-11-5-7-13-49(43)57(50)40-8-2-1-3-9-40;1-2/h1-32H;1-2H3. The van der Waals surface area contributed by atoms with Gasteiger partial charge in [-0.2, -0.15) is 0 Å². The molecule has 3 aromatic heterocycles. The second-order valence-electron chi connectivity index (χ2n) is 14.5. The van der Waals surface area contributed by atoms with E-state index in [1.165, 1.54) is 56.8 Å². The smallest absolute Gasteiger partial charge is 0.160 e.